The molecule has 64 valence electrons. The van der Waals surface area contributed by atoms with E-state index in [2.05, 4.69) is 10.6 Å². The molecule has 1 heterocycles. The van der Waals surface area contributed by atoms with Gasteiger partial charge in [0.2, 0.25) is 5.91 Å². The van der Waals surface area contributed by atoms with Crippen LogP contribution >= 0.6 is 0 Å². The number of rotatable bonds is 3. The average molecular weight is 156 g/mol. The average Bonchev–Trinajstić information content (AvgIpc) is 2.52. The lowest BCUT2D eigenvalue weighted by atomic mass is 10.1. The van der Waals surface area contributed by atoms with Gasteiger partial charge in [0.25, 0.3) is 0 Å². The highest BCUT2D eigenvalue weighted by atomic mass is 16.1. The molecule has 1 saturated heterocycles. The third-order valence-corrected chi connectivity index (χ3v) is 2.16. The van der Waals surface area contributed by atoms with E-state index in [1.807, 2.05) is 0 Å². The van der Waals surface area contributed by atoms with Crippen molar-refractivity contribution in [1.82, 2.24) is 10.6 Å². The molecule has 2 N–H and O–H groups in total. The number of carbonyl (C=O) groups is 1. The predicted molar refractivity (Wildman–Crippen MR) is 44.3 cm³/mol. The van der Waals surface area contributed by atoms with Crippen LogP contribution in [0.2, 0.25) is 0 Å². The van der Waals surface area contributed by atoms with E-state index < -0.39 is 0 Å². The minimum Gasteiger partial charge on any atom is -0.359 e. The zero-order valence-electron chi connectivity index (χ0n) is 7.02. The molecule has 1 fully saturated rings. The van der Waals surface area contributed by atoms with Crippen molar-refractivity contribution in [2.24, 2.45) is 0 Å². The maximum Gasteiger partial charge on any atom is 0.219 e. The van der Waals surface area contributed by atoms with Crippen molar-refractivity contribution in [3.05, 3.63) is 0 Å². The highest BCUT2D eigenvalue weighted by Gasteiger charge is 2.14. The largest absolute Gasteiger partial charge is 0.359 e. The van der Waals surface area contributed by atoms with Crippen LogP contribution in [0, 0.1) is 0 Å². The third-order valence-electron chi connectivity index (χ3n) is 2.16. The van der Waals surface area contributed by atoms with Crippen molar-refractivity contribution in [1.29, 1.82) is 0 Å². The van der Waals surface area contributed by atoms with Gasteiger partial charge in [-0.25, -0.2) is 0 Å². The second kappa shape index (κ2) is 4.34. The quantitative estimate of drug-likeness (QED) is 0.615. The van der Waals surface area contributed by atoms with E-state index in [0.29, 0.717) is 12.5 Å². The molecule has 0 aromatic carbocycles. The van der Waals surface area contributed by atoms with Gasteiger partial charge in [-0.15, -0.1) is 0 Å². The molecule has 0 radical (unpaired) electrons. The Morgan fingerprint density at radius 1 is 1.73 bits per heavy atom. The lowest BCUT2D eigenvalue weighted by Crippen LogP contribution is -2.25. The molecular weight excluding hydrogens is 140 g/mol. The van der Waals surface area contributed by atoms with Crippen molar-refractivity contribution in [2.75, 3.05) is 13.6 Å². The summed E-state index contributed by atoms with van der Waals surface area (Å²) in [4.78, 5) is 10.8. The van der Waals surface area contributed by atoms with Crippen LogP contribution in [-0.2, 0) is 4.79 Å². The molecule has 0 aromatic heterocycles. The summed E-state index contributed by atoms with van der Waals surface area (Å²) in [5.74, 6) is 0.152. The van der Waals surface area contributed by atoms with Crippen LogP contribution in [0.1, 0.15) is 25.7 Å². The smallest absolute Gasteiger partial charge is 0.219 e. The summed E-state index contributed by atoms with van der Waals surface area (Å²) in [6.07, 6.45) is 4.14. The molecule has 0 bridgehead atoms. The van der Waals surface area contributed by atoms with Gasteiger partial charge < -0.3 is 10.6 Å². The molecule has 3 heteroatoms. The number of hydrogen-bond donors (Lipinski definition) is 2. The van der Waals surface area contributed by atoms with E-state index in [9.17, 15) is 4.79 Å². The van der Waals surface area contributed by atoms with Gasteiger partial charge in [-0.3, -0.25) is 4.79 Å². The first-order valence-corrected chi connectivity index (χ1v) is 4.27. The Morgan fingerprint density at radius 3 is 3.09 bits per heavy atom. The van der Waals surface area contributed by atoms with Crippen LogP contribution in [0.25, 0.3) is 0 Å². The van der Waals surface area contributed by atoms with Crippen LogP contribution < -0.4 is 10.6 Å². The van der Waals surface area contributed by atoms with E-state index in [1.54, 1.807) is 7.05 Å². The van der Waals surface area contributed by atoms with Crippen molar-refractivity contribution in [3.8, 4) is 0 Å². The van der Waals surface area contributed by atoms with Gasteiger partial charge in [-0.05, 0) is 25.8 Å². The Bertz CT molecular complexity index is 130. The maximum absolute atomic E-state index is 10.8. The van der Waals surface area contributed by atoms with Gasteiger partial charge in [0.1, 0.15) is 0 Å². The fraction of sp³-hybridized carbons (Fsp3) is 0.875. The topological polar surface area (TPSA) is 41.1 Å². The number of amides is 1. The Labute approximate surface area is 67.5 Å². The van der Waals surface area contributed by atoms with Gasteiger partial charge >= 0.3 is 0 Å². The second-order valence-electron chi connectivity index (χ2n) is 3.01. The molecule has 1 amide bonds. The summed E-state index contributed by atoms with van der Waals surface area (Å²) in [7, 11) is 1.68. The van der Waals surface area contributed by atoms with Gasteiger partial charge in [-0.2, -0.15) is 0 Å². The molecule has 1 rings (SSSR count). The number of hydrogen-bond acceptors (Lipinski definition) is 2. The Morgan fingerprint density at radius 2 is 2.55 bits per heavy atom. The minimum atomic E-state index is 0.152. The van der Waals surface area contributed by atoms with Crippen LogP contribution in [-0.4, -0.2) is 25.5 Å². The zero-order valence-corrected chi connectivity index (χ0v) is 7.02. The van der Waals surface area contributed by atoms with Gasteiger partial charge in [0.15, 0.2) is 0 Å². The minimum absolute atomic E-state index is 0.152. The second-order valence-corrected chi connectivity index (χ2v) is 3.01. The van der Waals surface area contributed by atoms with Crippen LogP contribution in [0.15, 0.2) is 0 Å². The SMILES string of the molecule is CNC(=O)CC[C@H]1CCCN1. The summed E-state index contributed by atoms with van der Waals surface area (Å²) in [5, 5.41) is 5.98. The van der Waals surface area contributed by atoms with Crippen molar-refractivity contribution in [2.45, 2.75) is 31.7 Å². The Kier molecular flexibility index (Phi) is 3.36. The van der Waals surface area contributed by atoms with Crippen LogP contribution in [0.4, 0.5) is 0 Å². The van der Waals surface area contributed by atoms with E-state index >= 15 is 0 Å². The normalized spacial score (nSPS) is 23.5. The van der Waals surface area contributed by atoms with Gasteiger partial charge in [0, 0.05) is 19.5 Å². The van der Waals surface area contributed by atoms with Crippen LogP contribution in [0.5, 0.6) is 0 Å². The van der Waals surface area contributed by atoms with Gasteiger partial charge in [0.05, 0.1) is 0 Å². The summed E-state index contributed by atoms with van der Waals surface area (Å²) < 4.78 is 0. The van der Waals surface area contributed by atoms with Crippen molar-refractivity contribution >= 4 is 5.91 Å². The summed E-state index contributed by atoms with van der Waals surface area (Å²) in [5.41, 5.74) is 0. The molecule has 0 spiro atoms. The first-order valence-electron chi connectivity index (χ1n) is 4.27. The molecule has 3 nitrogen and oxygen atoms in total. The highest BCUT2D eigenvalue weighted by Crippen LogP contribution is 2.09. The summed E-state index contributed by atoms with van der Waals surface area (Å²) >= 11 is 0. The lowest BCUT2D eigenvalue weighted by molar-refractivity contribution is -0.120. The molecule has 1 aliphatic heterocycles. The van der Waals surface area contributed by atoms with Gasteiger partial charge in [-0.1, -0.05) is 0 Å². The Balaban J connectivity index is 2.06. The zero-order chi connectivity index (χ0) is 8.10. The number of carbonyl (C=O) groups excluding carboxylic acids is 1. The molecule has 0 unspecified atom stereocenters. The lowest BCUT2D eigenvalue weighted by Gasteiger charge is -2.07. The monoisotopic (exact) mass is 156 g/mol. The highest BCUT2D eigenvalue weighted by molar-refractivity contribution is 5.75. The molecule has 1 aliphatic rings. The molecule has 0 aliphatic carbocycles. The molecule has 1 atom stereocenters. The molecule has 0 aromatic rings. The van der Waals surface area contributed by atoms with Crippen molar-refractivity contribution < 1.29 is 4.79 Å². The first-order chi connectivity index (χ1) is 5.33. The predicted octanol–water partition coefficient (Wildman–Crippen LogP) is 0.265. The summed E-state index contributed by atoms with van der Waals surface area (Å²) in [6, 6.07) is 0.590. The van der Waals surface area contributed by atoms with E-state index in [4.69, 9.17) is 0 Å². The third kappa shape index (κ3) is 2.89. The summed E-state index contributed by atoms with van der Waals surface area (Å²) in [6.45, 7) is 1.12. The van der Waals surface area contributed by atoms with E-state index in [1.165, 1.54) is 12.8 Å². The molecular formula is C8H16N2O. The van der Waals surface area contributed by atoms with E-state index in [-0.39, 0.29) is 5.91 Å². The van der Waals surface area contributed by atoms with Crippen molar-refractivity contribution in [3.63, 3.8) is 0 Å². The molecule has 11 heavy (non-hydrogen) atoms. The molecule has 0 saturated carbocycles. The standard InChI is InChI=1S/C8H16N2O/c1-9-8(11)5-4-7-3-2-6-10-7/h7,10H,2-6H2,1H3,(H,9,11)/t7-/m1/s1. The Hall–Kier alpha value is -0.570. The van der Waals surface area contributed by atoms with E-state index in [0.717, 1.165) is 13.0 Å². The maximum atomic E-state index is 10.8. The fourth-order valence-corrected chi connectivity index (χ4v) is 1.43. The fourth-order valence-electron chi connectivity index (χ4n) is 1.43. The number of nitrogens with one attached hydrogen (secondary N) is 2. The van der Waals surface area contributed by atoms with Crippen LogP contribution in [0.3, 0.4) is 0 Å². The first kappa shape index (κ1) is 8.53.